The summed E-state index contributed by atoms with van der Waals surface area (Å²) in [5, 5.41) is 0.337. The van der Waals surface area contributed by atoms with Gasteiger partial charge >= 0.3 is 0 Å². The van der Waals surface area contributed by atoms with Crippen molar-refractivity contribution >= 4 is 11.6 Å². The van der Waals surface area contributed by atoms with Gasteiger partial charge in [-0.15, -0.1) is 0 Å². The average molecular weight is 200 g/mol. The zero-order valence-corrected chi connectivity index (χ0v) is 9.24. The fourth-order valence-corrected chi connectivity index (χ4v) is 1.19. The lowest BCUT2D eigenvalue weighted by Gasteiger charge is -2.19. The standard InChI is InChI=1S/C11H16ClN/c1-8-7-13-10(12)5-9(8)6-11(2,3)4/h5,7H,6H2,1-4H3/i6D2. The van der Waals surface area contributed by atoms with E-state index in [2.05, 4.69) is 4.98 Å². The van der Waals surface area contributed by atoms with Crippen LogP contribution in [0.5, 0.6) is 0 Å². The van der Waals surface area contributed by atoms with Crippen LogP contribution in [0.15, 0.2) is 12.3 Å². The second-order valence-corrected chi connectivity index (χ2v) is 4.58. The molecule has 0 unspecified atom stereocenters. The van der Waals surface area contributed by atoms with Gasteiger partial charge in [0.15, 0.2) is 0 Å². The normalized spacial score (nSPS) is 15.2. The van der Waals surface area contributed by atoms with E-state index in [1.165, 1.54) is 0 Å². The van der Waals surface area contributed by atoms with Gasteiger partial charge in [0.2, 0.25) is 0 Å². The molecule has 0 fully saturated rings. The molecule has 0 saturated carbocycles. The number of pyridine rings is 1. The molecule has 1 rings (SSSR count). The Labute approximate surface area is 88.0 Å². The fraction of sp³-hybridized carbons (Fsp3) is 0.545. The summed E-state index contributed by atoms with van der Waals surface area (Å²) in [6.45, 7) is 7.48. The third kappa shape index (κ3) is 3.35. The Kier molecular flexibility index (Phi) is 2.20. The van der Waals surface area contributed by atoms with Crippen LogP contribution < -0.4 is 0 Å². The van der Waals surface area contributed by atoms with Crippen LogP contribution in [-0.4, -0.2) is 4.98 Å². The molecule has 0 N–H and O–H groups in total. The first-order valence-electron chi connectivity index (χ1n) is 5.29. The van der Waals surface area contributed by atoms with E-state index in [1.54, 1.807) is 12.3 Å². The molecule has 1 heterocycles. The molecule has 13 heavy (non-hydrogen) atoms. The Morgan fingerprint density at radius 3 is 2.69 bits per heavy atom. The molecule has 72 valence electrons. The van der Waals surface area contributed by atoms with E-state index >= 15 is 0 Å². The van der Waals surface area contributed by atoms with Crippen LogP contribution >= 0.6 is 11.6 Å². The van der Waals surface area contributed by atoms with Crippen molar-refractivity contribution in [1.29, 1.82) is 0 Å². The van der Waals surface area contributed by atoms with Gasteiger partial charge in [0.05, 0.1) is 0 Å². The molecule has 1 nitrogen and oxygen atoms in total. The maximum absolute atomic E-state index is 8.14. The quantitative estimate of drug-likeness (QED) is 0.630. The molecule has 1 aromatic heterocycles. The van der Waals surface area contributed by atoms with Gasteiger partial charge in [-0.2, -0.15) is 0 Å². The highest BCUT2D eigenvalue weighted by atomic mass is 35.5. The Bertz CT molecular complexity index is 369. The highest BCUT2D eigenvalue weighted by Crippen LogP contribution is 2.23. The summed E-state index contributed by atoms with van der Waals surface area (Å²) in [6.07, 6.45) is 0.199. The van der Waals surface area contributed by atoms with E-state index in [0.717, 1.165) is 5.56 Å². The van der Waals surface area contributed by atoms with E-state index in [-0.39, 0.29) is 0 Å². The molecule has 0 atom stereocenters. The molecule has 0 amide bonds. The highest BCUT2D eigenvalue weighted by molar-refractivity contribution is 6.29. The van der Waals surface area contributed by atoms with Crippen molar-refractivity contribution in [2.24, 2.45) is 5.41 Å². The Hall–Kier alpha value is -0.560. The maximum atomic E-state index is 8.14. The van der Waals surface area contributed by atoms with Crippen LogP contribution in [0.3, 0.4) is 0 Å². The molecule has 1 aromatic rings. The molecular weight excluding hydrogens is 182 g/mol. The molecule has 0 aliphatic heterocycles. The predicted octanol–water partition coefficient (Wildman–Crippen LogP) is 3.63. The Balaban J connectivity index is 3.32. The number of aromatic nitrogens is 1. The smallest absolute Gasteiger partial charge is 0.129 e. The van der Waals surface area contributed by atoms with Crippen molar-refractivity contribution in [3.63, 3.8) is 0 Å². The molecular formula is C11H16ClN. The zero-order valence-electron chi connectivity index (χ0n) is 10.5. The van der Waals surface area contributed by atoms with Crippen molar-refractivity contribution in [1.82, 2.24) is 4.98 Å². The van der Waals surface area contributed by atoms with Crippen LogP contribution in [0.2, 0.25) is 5.15 Å². The lowest BCUT2D eigenvalue weighted by molar-refractivity contribution is 0.410. The predicted molar refractivity (Wildman–Crippen MR) is 57.1 cm³/mol. The zero-order chi connectivity index (χ0) is 11.9. The second-order valence-electron chi connectivity index (χ2n) is 4.20. The van der Waals surface area contributed by atoms with Crippen LogP contribution in [0.25, 0.3) is 0 Å². The lowest BCUT2D eigenvalue weighted by Crippen LogP contribution is -2.10. The highest BCUT2D eigenvalue weighted by Gasteiger charge is 2.13. The molecule has 0 aliphatic carbocycles. The summed E-state index contributed by atoms with van der Waals surface area (Å²) < 4.78 is 16.3. The summed E-state index contributed by atoms with van der Waals surface area (Å²) in [7, 11) is 0. The van der Waals surface area contributed by atoms with Crippen molar-refractivity contribution in [2.45, 2.75) is 34.1 Å². The van der Waals surface area contributed by atoms with E-state index in [1.807, 2.05) is 27.7 Å². The number of aryl methyl sites for hydroxylation is 1. The van der Waals surface area contributed by atoms with E-state index < -0.39 is 11.8 Å². The van der Waals surface area contributed by atoms with Crippen molar-refractivity contribution in [2.75, 3.05) is 0 Å². The Morgan fingerprint density at radius 1 is 1.54 bits per heavy atom. The molecule has 0 aromatic carbocycles. The van der Waals surface area contributed by atoms with Gasteiger partial charge in [-0.05, 0) is 35.9 Å². The topological polar surface area (TPSA) is 12.9 Å². The first-order valence-corrected chi connectivity index (χ1v) is 4.66. The summed E-state index contributed by atoms with van der Waals surface area (Å²) in [4.78, 5) is 3.93. The number of hydrogen-bond donors (Lipinski definition) is 0. The monoisotopic (exact) mass is 199 g/mol. The Morgan fingerprint density at radius 2 is 2.15 bits per heavy atom. The first-order chi connectivity index (χ1) is 6.66. The molecule has 0 radical (unpaired) electrons. The van der Waals surface area contributed by atoms with Gasteiger partial charge in [-0.1, -0.05) is 32.4 Å². The third-order valence-corrected chi connectivity index (χ3v) is 1.79. The molecule has 0 spiro atoms. The van der Waals surface area contributed by atoms with Gasteiger partial charge < -0.3 is 0 Å². The SMILES string of the molecule is [2H]C([2H])(c1cc(Cl)ncc1C)C(C)(C)C. The minimum absolute atomic E-state index is 0.337. The van der Waals surface area contributed by atoms with E-state index in [4.69, 9.17) is 14.3 Å². The minimum Gasteiger partial charge on any atom is -0.244 e. The van der Waals surface area contributed by atoms with Gasteiger partial charge in [0, 0.05) is 8.94 Å². The van der Waals surface area contributed by atoms with Gasteiger partial charge in [-0.3, -0.25) is 0 Å². The van der Waals surface area contributed by atoms with Crippen LogP contribution in [0, 0.1) is 12.3 Å². The third-order valence-electron chi connectivity index (χ3n) is 1.58. The molecule has 2 heteroatoms. The largest absolute Gasteiger partial charge is 0.244 e. The van der Waals surface area contributed by atoms with Gasteiger partial charge in [-0.25, -0.2) is 4.98 Å². The number of halogens is 1. The van der Waals surface area contributed by atoms with Crippen molar-refractivity contribution in [3.05, 3.63) is 28.5 Å². The van der Waals surface area contributed by atoms with Crippen molar-refractivity contribution < 1.29 is 2.74 Å². The minimum atomic E-state index is -1.41. The van der Waals surface area contributed by atoms with E-state index in [0.29, 0.717) is 10.7 Å². The summed E-state index contributed by atoms with van der Waals surface area (Å²) >= 11 is 5.80. The van der Waals surface area contributed by atoms with Gasteiger partial charge in [0.1, 0.15) is 5.15 Å². The lowest BCUT2D eigenvalue weighted by atomic mass is 9.87. The molecule has 0 bridgehead atoms. The molecule has 0 aliphatic rings. The fourth-order valence-electron chi connectivity index (χ4n) is 1.04. The summed E-state index contributed by atoms with van der Waals surface area (Å²) in [5.41, 5.74) is 0.983. The first kappa shape index (κ1) is 7.81. The van der Waals surface area contributed by atoms with Crippen molar-refractivity contribution in [3.8, 4) is 0 Å². The maximum Gasteiger partial charge on any atom is 0.129 e. The average Bonchev–Trinajstić information content (AvgIpc) is 2.07. The van der Waals surface area contributed by atoms with Crippen LogP contribution in [0.4, 0.5) is 0 Å². The van der Waals surface area contributed by atoms with E-state index in [9.17, 15) is 0 Å². The number of nitrogens with zero attached hydrogens (tertiary/aromatic N) is 1. The number of hydrogen-bond acceptors (Lipinski definition) is 1. The number of rotatable bonds is 1. The van der Waals surface area contributed by atoms with Crippen LogP contribution in [-0.2, 0) is 6.37 Å². The van der Waals surface area contributed by atoms with Gasteiger partial charge in [0.25, 0.3) is 0 Å². The second kappa shape index (κ2) is 3.67. The molecule has 0 saturated heterocycles. The summed E-state index contributed by atoms with van der Waals surface area (Å²) in [5.74, 6) is 0. The summed E-state index contributed by atoms with van der Waals surface area (Å²) in [6, 6.07) is 1.61. The van der Waals surface area contributed by atoms with Crippen LogP contribution in [0.1, 0.15) is 34.6 Å².